The van der Waals surface area contributed by atoms with E-state index in [1.165, 1.54) is 27.4 Å². The van der Waals surface area contributed by atoms with E-state index in [1.54, 1.807) is 42.5 Å². The molecule has 0 radical (unpaired) electrons. The van der Waals surface area contributed by atoms with Crippen LogP contribution in [-0.4, -0.2) is 57.2 Å². The van der Waals surface area contributed by atoms with E-state index in [0.29, 0.717) is 27.2 Å². The summed E-state index contributed by atoms with van der Waals surface area (Å²) in [5.41, 5.74) is 0.723. The third kappa shape index (κ3) is 4.47. The molecule has 0 N–H and O–H groups in total. The van der Waals surface area contributed by atoms with Crippen LogP contribution in [0, 0.1) is 0 Å². The summed E-state index contributed by atoms with van der Waals surface area (Å²) in [6, 6.07) is 11.0. The molecule has 1 heterocycles. The molecule has 4 amide bonds. The first-order chi connectivity index (χ1) is 14.9. The second-order valence-corrected chi connectivity index (χ2v) is 7.35. The zero-order valence-electron chi connectivity index (χ0n) is 17.3. The third-order valence-corrected chi connectivity index (χ3v) is 5.35. The maximum atomic E-state index is 13.2. The van der Waals surface area contributed by atoms with Gasteiger partial charge in [-0.15, -0.1) is 0 Å². The van der Waals surface area contributed by atoms with E-state index >= 15 is 0 Å². The number of halogens is 1. The Labute approximate surface area is 188 Å². The molecule has 1 saturated heterocycles. The van der Waals surface area contributed by atoms with Crippen LogP contribution in [0.3, 0.4) is 0 Å². The van der Waals surface area contributed by atoms with Gasteiger partial charge in [0, 0.05) is 11.6 Å². The predicted octanol–water partition coefficient (Wildman–Crippen LogP) is 3.49. The molecule has 0 bridgehead atoms. The van der Waals surface area contributed by atoms with Crippen LogP contribution in [0.4, 0.5) is 10.5 Å². The van der Waals surface area contributed by atoms with Crippen molar-refractivity contribution in [3.63, 3.8) is 0 Å². The fourth-order valence-electron chi connectivity index (χ4n) is 3.10. The zero-order chi connectivity index (χ0) is 22.5. The first kappa shape index (κ1) is 22.5. The summed E-state index contributed by atoms with van der Waals surface area (Å²) in [7, 11) is 4.46. The minimum absolute atomic E-state index is 0.00915. The highest BCUT2D eigenvalue weighted by atomic mass is 79.9. The predicted molar refractivity (Wildman–Crippen MR) is 118 cm³/mol. The van der Waals surface area contributed by atoms with Gasteiger partial charge in [-0.3, -0.25) is 14.5 Å². The van der Waals surface area contributed by atoms with E-state index in [4.69, 9.17) is 14.2 Å². The molecule has 0 saturated carbocycles. The number of anilines is 1. The lowest BCUT2D eigenvalue weighted by Crippen LogP contribution is -2.57. The number of para-hydroxylation sites is 1. The maximum absolute atomic E-state index is 13.2. The van der Waals surface area contributed by atoms with Gasteiger partial charge in [0.05, 0.1) is 33.1 Å². The minimum Gasteiger partial charge on any atom is -0.493 e. The molecule has 1 aliphatic heterocycles. The van der Waals surface area contributed by atoms with E-state index in [-0.39, 0.29) is 18.7 Å². The summed E-state index contributed by atoms with van der Waals surface area (Å²) >= 11 is 3.43. The van der Waals surface area contributed by atoms with Crippen molar-refractivity contribution < 1.29 is 28.6 Å². The van der Waals surface area contributed by atoms with E-state index in [9.17, 15) is 14.4 Å². The van der Waals surface area contributed by atoms with Crippen molar-refractivity contribution in [2.45, 2.75) is 0 Å². The van der Waals surface area contributed by atoms with E-state index in [0.717, 1.165) is 9.80 Å². The van der Waals surface area contributed by atoms with Crippen molar-refractivity contribution in [2.24, 2.45) is 0 Å². The average Bonchev–Trinajstić information content (AvgIpc) is 2.78. The standard InChI is InChI=1S/C22H21BrN2O6/c1-29-10-9-24-20(26)16(11-14-12-18(30-2)19(31-3)13-17(14)23)21(27)25(22(24)28)15-7-5-4-6-8-15/h4-8,11-13H,9-10H2,1-3H3/b16-11-. The van der Waals surface area contributed by atoms with Crippen molar-refractivity contribution in [1.29, 1.82) is 0 Å². The summed E-state index contributed by atoms with van der Waals surface area (Å²) < 4.78 is 16.2. The second-order valence-electron chi connectivity index (χ2n) is 6.49. The van der Waals surface area contributed by atoms with Gasteiger partial charge >= 0.3 is 6.03 Å². The van der Waals surface area contributed by atoms with Crippen LogP contribution in [0.25, 0.3) is 6.08 Å². The molecular weight excluding hydrogens is 468 g/mol. The number of hydrogen-bond acceptors (Lipinski definition) is 6. The Morgan fingerprint density at radius 1 is 0.935 bits per heavy atom. The molecule has 0 aliphatic carbocycles. The number of carbonyl (C=O) groups is 3. The Morgan fingerprint density at radius 3 is 2.19 bits per heavy atom. The van der Waals surface area contributed by atoms with Gasteiger partial charge in [-0.1, -0.05) is 34.1 Å². The quantitative estimate of drug-likeness (QED) is 0.438. The SMILES string of the molecule is COCCN1C(=O)/C(=C/c2cc(OC)c(OC)cc2Br)C(=O)N(c2ccccc2)C1=O. The van der Waals surface area contributed by atoms with Gasteiger partial charge in [-0.2, -0.15) is 0 Å². The Hall–Kier alpha value is -3.17. The van der Waals surface area contributed by atoms with Crippen molar-refractivity contribution in [3.8, 4) is 11.5 Å². The molecule has 0 unspecified atom stereocenters. The number of rotatable bonds is 7. The highest BCUT2D eigenvalue weighted by molar-refractivity contribution is 9.10. The molecule has 3 rings (SSSR count). The summed E-state index contributed by atoms with van der Waals surface area (Å²) in [6.45, 7) is 0.150. The number of urea groups is 1. The number of methoxy groups -OCH3 is 3. The van der Waals surface area contributed by atoms with Crippen LogP contribution in [0.15, 0.2) is 52.5 Å². The first-order valence-electron chi connectivity index (χ1n) is 9.30. The van der Waals surface area contributed by atoms with Gasteiger partial charge < -0.3 is 14.2 Å². The molecule has 0 aromatic heterocycles. The van der Waals surface area contributed by atoms with Gasteiger partial charge in [0.25, 0.3) is 11.8 Å². The second kappa shape index (κ2) is 9.76. The van der Waals surface area contributed by atoms with Crippen molar-refractivity contribution in [2.75, 3.05) is 39.4 Å². The van der Waals surface area contributed by atoms with E-state index < -0.39 is 17.8 Å². The van der Waals surface area contributed by atoms with Crippen LogP contribution in [0.1, 0.15) is 5.56 Å². The Bertz CT molecular complexity index is 1040. The average molecular weight is 489 g/mol. The van der Waals surface area contributed by atoms with E-state index in [2.05, 4.69) is 15.9 Å². The summed E-state index contributed by atoms with van der Waals surface area (Å²) in [5.74, 6) is -0.487. The molecule has 2 aromatic rings. The van der Waals surface area contributed by atoms with E-state index in [1.807, 2.05) is 0 Å². The number of carbonyl (C=O) groups excluding carboxylic acids is 3. The Balaban J connectivity index is 2.12. The maximum Gasteiger partial charge on any atom is 0.338 e. The fraction of sp³-hybridized carbons (Fsp3) is 0.227. The number of ether oxygens (including phenoxy) is 3. The van der Waals surface area contributed by atoms with Gasteiger partial charge in [-0.25, -0.2) is 9.69 Å². The number of amides is 4. The normalized spacial score (nSPS) is 15.6. The summed E-state index contributed by atoms with van der Waals surface area (Å²) in [6.07, 6.45) is 1.43. The lowest BCUT2D eigenvalue weighted by Gasteiger charge is -2.33. The molecule has 2 aromatic carbocycles. The Morgan fingerprint density at radius 2 is 1.58 bits per heavy atom. The zero-order valence-corrected chi connectivity index (χ0v) is 18.8. The molecule has 8 nitrogen and oxygen atoms in total. The smallest absolute Gasteiger partial charge is 0.338 e. The number of benzene rings is 2. The monoisotopic (exact) mass is 488 g/mol. The minimum atomic E-state index is -0.721. The molecule has 1 aliphatic rings. The summed E-state index contributed by atoms with van der Waals surface area (Å²) in [5, 5.41) is 0. The van der Waals surface area contributed by atoms with Crippen LogP contribution < -0.4 is 14.4 Å². The van der Waals surface area contributed by atoms with Gasteiger partial charge in [0.2, 0.25) is 0 Å². The number of nitrogens with zero attached hydrogens (tertiary/aromatic N) is 2. The van der Waals surface area contributed by atoms with Crippen molar-refractivity contribution >= 4 is 45.5 Å². The topological polar surface area (TPSA) is 85.4 Å². The van der Waals surface area contributed by atoms with Crippen LogP contribution in [0.5, 0.6) is 11.5 Å². The lowest BCUT2D eigenvalue weighted by atomic mass is 10.0. The first-order valence-corrected chi connectivity index (χ1v) is 10.1. The van der Waals surface area contributed by atoms with Crippen LogP contribution >= 0.6 is 15.9 Å². The van der Waals surface area contributed by atoms with Gasteiger partial charge in [-0.05, 0) is 35.9 Å². The lowest BCUT2D eigenvalue weighted by molar-refractivity contribution is -0.129. The van der Waals surface area contributed by atoms with Gasteiger partial charge in [0.1, 0.15) is 5.57 Å². The molecule has 0 spiro atoms. The van der Waals surface area contributed by atoms with Crippen LogP contribution in [-0.2, 0) is 14.3 Å². The summed E-state index contributed by atoms with van der Waals surface area (Å²) in [4.78, 5) is 41.3. The van der Waals surface area contributed by atoms with Crippen molar-refractivity contribution in [1.82, 2.24) is 4.90 Å². The Kier molecular flexibility index (Phi) is 7.09. The van der Waals surface area contributed by atoms with Gasteiger partial charge in [0.15, 0.2) is 11.5 Å². The van der Waals surface area contributed by atoms with Crippen LogP contribution in [0.2, 0.25) is 0 Å². The molecule has 162 valence electrons. The highest BCUT2D eigenvalue weighted by Crippen LogP contribution is 2.35. The third-order valence-electron chi connectivity index (χ3n) is 4.67. The number of barbiturate groups is 1. The number of imide groups is 2. The molecule has 0 atom stereocenters. The largest absolute Gasteiger partial charge is 0.493 e. The van der Waals surface area contributed by atoms with Crippen molar-refractivity contribution in [3.05, 3.63) is 58.1 Å². The molecule has 31 heavy (non-hydrogen) atoms. The molecular formula is C22H21BrN2O6. The molecule has 9 heteroatoms. The highest BCUT2D eigenvalue weighted by Gasteiger charge is 2.42. The molecule has 1 fully saturated rings. The number of hydrogen-bond donors (Lipinski definition) is 0. The fourth-order valence-corrected chi connectivity index (χ4v) is 3.53.